The van der Waals surface area contributed by atoms with E-state index in [0.717, 1.165) is 58.6 Å². The number of carbonyl (C=O) groups is 2. The third kappa shape index (κ3) is 5.14. The summed E-state index contributed by atoms with van der Waals surface area (Å²) in [6.07, 6.45) is 7.75. The van der Waals surface area contributed by atoms with Crippen LogP contribution in [0.15, 0.2) is 81.4 Å². The van der Waals surface area contributed by atoms with Gasteiger partial charge >= 0.3 is 27.3 Å². The number of hydrogen-bond donors (Lipinski definition) is 1. The van der Waals surface area contributed by atoms with Gasteiger partial charge in [0.15, 0.2) is 13.2 Å². The van der Waals surface area contributed by atoms with Crippen LogP contribution in [-0.4, -0.2) is 55.2 Å². The number of benzene rings is 3. The van der Waals surface area contributed by atoms with Gasteiger partial charge in [0, 0.05) is 10.8 Å². The summed E-state index contributed by atoms with van der Waals surface area (Å²) in [6.45, 7) is 4.22. The summed E-state index contributed by atoms with van der Waals surface area (Å²) < 4.78 is 80.0. The van der Waals surface area contributed by atoms with Gasteiger partial charge in [0.25, 0.3) is 0 Å². The fraction of sp³-hybridized carbons (Fsp3) is 0.556. The highest BCUT2D eigenvalue weighted by molar-refractivity contribution is 8.33. The van der Waals surface area contributed by atoms with Gasteiger partial charge in [-0.25, -0.2) is 4.79 Å². The fourth-order valence-electron chi connectivity index (χ4n) is 14.6. The monoisotopic (exact) mass is 820 g/mol. The topological polar surface area (TPSA) is 116 Å². The standard InChI is InChI=1S/C45H50F2O8S2/c1-25-14-31-15-26(2)40(25)53-22-37(48)55-42(3)29-16-27-17-34(42)33(18-29)39(27)43-19-28-20-44(23-43,41(49)54-24-45(46,47)57(50,51)52)35(21-43)38(28)32-12-8-9-13-36(32)56(31,4)30-10-6-5-7-11-30/h5-15,27-29,33-35,38-39H,16-24H2,1-4H3,(H,50,51,52). The number of hydrogen-bond acceptors (Lipinski definition) is 7. The highest BCUT2D eigenvalue weighted by Crippen LogP contribution is 2.82. The van der Waals surface area contributed by atoms with Crippen LogP contribution < -0.4 is 4.74 Å². The van der Waals surface area contributed by atoms with E-state index in [4.69, 9.17) is 14.2 Å². The number of ether oxygens (including phenoxy) is 3. The van der Waals surface area contributed by atoms with Crippen LogP contribution >= 0.6 is 10.0 Å². The third-order valence-electron chi connectivity index (χ3n) is 16.3. The Bertz CT molecular complexity index is 2290. The van der Waals surface area contributed by atoms with Gasteiger partial charge in [-0.3, -0.25) is 9.35 Å². The maximum atomic E-state index is 14.7. The molecule has 0 saturated heterocycles. The number of carbonyl (C=O) groups excluding carboxylic acids is 2. The Labute approximate surface area is 334 Å². The normalized spacial score (nSPS) is 40.9. The molecular weight excluding hydrogens is 771 g/mol. The summed E-state index contributed by atoms with van der Waals surface area (Å²) in [6, 6.07) is 23.3. The predicted octanol–water partition coefficient (Wildman–Crippen LogP) is 9.12. The molecule has 8 fully saturated rings. The van der Waals surface area contributed by atoms with Crippen LogP contribution in [0, 0.1) is 66.1 Å². The molecule has 0 radical (unpaired) electrons. The van der Waals surface area contributed by atoms with Crippen LogP contribution in [-0.2, 0) is 29.2 Å². The maximum absolute atomic E-state index is 14.7. The summed E-state index contributed by atoms with van der Waals surface area (Å²) in [7, 11) is -7.75. The zero-order valence-electron chi connectivity index (χ0n) is 32.7. The summed E-state index contributed by atoms with van der Waals surface area (Å²) in [5.41, 5.74) is 1.05. The molecule has 12 atom stereocenters. The van der Waals surface area contributed by atoms with Gasteiger partial charge in [-0.15, -0.1) is 0 Å². The molecule has 3 aromatic carbocycles. The van der Waals surface area contributed by atoms with Crippen LogP contribution in [0.25, 0.3) is 0 Å². The lowest BCUT2D eigenvalue weighted by Gasteiger charge is -2.52. The van der Waals surface area contributed by atoms with E-state index in [2.05, 4.69) is 73.8 Å². The van der Waals surface area contributed by atoms with Crippen molar-refractivity contribution < 1.29 is 45.6 Å². The second-order valence-corrected chi connectivity index (χ2v) is 23.7. The van der Waals surface area contributed by atoms with Crippen LogP contribution in [0.2, 0.25) is 0 Å². The summed E-state index contributed by atoms with van der Waals surface area (Å²) in [5, 5.41) is -4.62. The molecule has 8 saturated carbocycles. The summed E-state index contributed by atoms with van der Waals surface area (Å²) in [5.74, 6) is 0.702. The number of halogens is 2. The van der Waals surface area contributed by atoms with Crippen molar-refractivity contribution in [2.75, 3.05) is 19.5 Å². The minimum absolute atomic E-state index is 0.0602. The largest absolute Gasteiger partial charge is 0.481 e. The Hall–Kier alpha value is -3.48. The van der Waals surface area contributed by atoms with Crippen LogP contribution in [0.3, 0.4) is 0 Å². The molecule has 0 amide bonds. The summed E-state index contributed by atoms with van der Waals surface area (Å²) >= 11 is 0. The van der Waals surface area contributed by atoms with Gasteiger partial charge in [0.05, 0.1) is 5.41 Å². The Kier molecular flexibility index (Phi) is 8.14. The van der Waals surface area contributed by atoms with E-state index in [0.29, 0.717) is 30.4 Å². The molecule has 0 aromatic heterocycles. The zero-order valence-corrected chi connectivity index (χ0v) is 34.3. The van der Waals surface area contributed by atoms with E-state index >= 15 is 0 Å². The van der Waals surface area contributed by atoms with E-state index in [1.165, 1.54) is 4.90 Å². The smallest absolute Gasteiger partial charge is 0.402 e. The first-order valence-electron chi connectivity index (χ1n) is 20.3. The minimum atomic E-state index is -5.79. The number of rotatable bonds is 5. The highest BCUT2D eigenvalue weighted by atomic mass is 32.3. The van der Waals surface area contributed by atoms with E-state index in [-0.39, 0.29) is 53.5 Å². The fourth-order valence-corrected chi connectivity index (χ4v) is 18.2. The molecule has 14 rings (SSSR count). The molecular formula is C45H50F2O8S2. The molecule has 13 bridgehead atoms. The van der Waals surface area contributed by atoms with Crippen molar-refractivity contribution in [2.24, 2.45) is 52.3 Å². The van der Waals surface area contributed by atoms with Gasteiger partial charge < -0.3 is 14.2 Å². The quantitative estimate of drug-likeness (QED) is 0.200. The average molecular weight is 821 g/mol. The van der Waals surface area contributed by atoms with E-state index < -0.39 is 49.0 Å². The molecule has 304 valence electrons. The third-order valence-corrected chi connectivity index (χ3v) is 20.9. The first-order chi connectivity index (χ1) is 26.9. The van der Waals surface area contributed by atoms with Gasteiger partial charge in [0.2, 0.25) is 0 Å². The van der Waals surface area contributed by atoms with Crippen molar-refractivity contribution in [3.05, 3.63) is 83.4 Å². The Balaban J connectivity index is 1.16. The molecule has 8 nitrogen and oxygen atoms in total. The zero-order chi connectivity index (χ0) is 40.1. The Morgan fingerprint density at radius 1 is 0.947 bits per heavy atom. The number of fused-ring (bicyclic) bond motifs is 1. The van der Waals surface area contributed by atoms with Gasteiger partial charge in [-0.05, 0) is 176 Å². The first kappa shape index (κ1) is 37.8. The van der Waals surface area contributed by atoms with Gasteiger partial charge in [-0.1, -0.05) is 36.4 Å². The molecule has 3 heterocycles. The molecule has 1 spiro atoms. The van der Waals surface area contributed by atoms with Crippen molar-refractivity contribution in [3.63, 3.8) is 0 Å². The van der Waals surface area contributed by atoms with Crippen LogP contribution in [0.1, 0.15) is 74.5 Å². The molecule has 3 aliphatic heterocycles. The molecule has 3 aromatic rings. The van der Waals surface area contributed by atoms with Crippen LogP contribution in [0.4, 0.5) is 8.78 Å². The number of esters is 2. The molecule has 1 N–H and O–H groups in total. The molecule has 57 heavy (non-hydrogen) atoms. The lowest BCUT2D eigenvalue weighted by atomic mass is 9.53. The van der Waals surface area contributed by atoms with Crippen molar-refractivity contribution in [1.29, 1.82) is 0 Å². The lowest BCUT2D eigenvalue weighted by Crippen LogP contribution is -2.47. The number of aryl methyl sites for hydroxylation is 2. The molecule has 12 unspecified atom stereocenters. The first-order valence-corrected chi connectivity index (χ1v) is 23.8. The second-order valence-electron chi connectivity index (χ2n) is 19.0. The molecule has 11 aliphatic rings. The minimum Gasteiger partial charge on any atom is -0.481 e. The lowest BCUT2D eigenvalue weighted by molar-refractivity contribution is -0.173. The average Bonchev–Trinajstić information content (AvgIpc) is 3.72. The van der Waals surface area contributed by atoms with E-state index in [1.54, 1.807) is 0 Å². The van der Waals surface area contributed by atoms with Crippen molar-refractivity contribution in [3.8, 4) is 5.75 Å². The SMILES string of the molecule is Cc1cc2cc(C)c1OCC(=O)OC1(C)C3CC4CC1C(C3)C4C13CC4CC(C(=O)OCC(F)(F)S(=O)(=O)O)(C1)C(C3)C4c1ccccc1S2(C)c1ccccc1. The van der Waals surface area contributed by atoms with Gasteiger partial charge in [-0.2, -0.15) is 27.2 Å². The van der Waals surface area contributed by atoms with E-state index in [9.17, 15) is 31.3 Å². The maximum Gasteiger partial charge on any atom is 0.402 e. The predicted molar refractivity (Wildman–Crippen MR) is 209 cm³/mol. The summed E-state index contributed by atoms with van der Waals surface area (Å²) in [4.78, 5) is 31.8. The number of alkyl halides is 2. The van der Waals surface area contributed by atoms with Crippen LogP contribution in [0.5, 0.6) is 5.75 Å². The van der Waals surface area contributed by atoms with Crippen molar-refractivity contribution >= 4 is 32.1 Å². The second kappa shape index (κ2) is 12.3. The highest BCUT2D eigenvalue weighted by Gasteiger charge is 2.77. The Morgan fingerprint density at radius 3 is 2.37 bits per heavy atom. The van der Waals surface area contributed by atoms with Crippen molar-refractivity contribution in [1.82, 2.24) is 0 Å². The van der Waals surface area contributed by atoms with Gasteiger partial charge in [0.1, 0.15) is 11.4 Å². The molecule has 12 heteroatoms. The Morgan fingerprint density at radius 2 is 1.65 bits per heavy atom. The van der Waals surface area contributed by atoms with Crippen molar-refractivity contribution in [2.45, 2.75) is 97.2 Å². The molecule has 8 aliphatic carbocycles. The van der Waals surface area contributed by atoms with E-state index in [1.807, 2.05) is 19.9 Å².